The first-order chi connectivity index (χ1) is 12.8. The molecule has 1 rings (SSSR count). The molecule has 0 aliphatic carbocycles. The van der Waals surface area contributed by atoms with Gasteiger partial charge in [-0.05, 0) is 34.1 Å². The van der Waals surface area contributed by atoms with Crippen LogP contribution in [0.3, 0.4) is 0 Å². The van der Waals surface area contributed by atoms with E-state index in [0.29, 0.717) is 18.7 Å². The van der Waals surface area contributed by atoms with E-state index in [1.807, 2.05) is 32.6 Å². The number of amides is 2. The second kappa shape index (κ2) is 12.9. The molecule has 0 saturated heterocycles. The maximum atomic E-state index is 12.6. The molecular formula is C21H37N3O2S. The molecule has 0 aliphatic heterocycles. The lowest BCUT2D eigenvalue weighted by molar-refractivity contribution is -0.133. The van der Waals surface area contributed by atoms with Crippen LogP contribution in [-0.4, -0.2) is 33.8 Å². The minimum Gasteiger partial charge on any atom is -0.349 e. The maximum Gasteiger partial charge on any atom is 0.270 e. The number of thiazole rings is 1. The zero-order valence-electron chi connectivity index (χ0n) is 17.7. The molecule has 0 saturated carbocycles. The molecule has 5 nitrogen and oxygen atoms in total. The Balaban J connectivity index is 2.48. The summed E-state index contributed by atoms with van der Waals surface area (Å²) in [6.45, 7) is 10.6. The van der Waals surface area contributed by atoms with Gasteiger partial charge in [-0.1, -0.05) is 45.4 Å². The van der Waals surface area contributed by atoms with Gasteiger partial charge >= 0.3 is 0 Å². The van der Waals surface area contributed by atoms with Crippen LogP contribution in [0, 0.1) is 0 Å². The molecule has 0 aromatic carbocycles. The van der Waals surface area contributed by atoms with Crippen LogP contribution in [0.5, 0.6) is 0 Å². The molecule has 1 heterocycles. The van der Waals surface area contributed by atoms with Gasteiger partial charge in [0.15, 0.2) is 0 Å². The molecule has 0 spiro atoms. The van der Waals surface area contributed by atoms with Crippen molar-refractivity contribution in [1.29, 1.82) is 0 Å². The van der Waals surface area contributed by atoms with Crippen molar-refractivity contribution in [3.05, 3.63) is 16.1 Å². The second-order valence-corrected chi connectivity index (χ2v) is 8.68. The van der Waals surface area contributed by atoms with Crippen LogP contribution in [0.15, 0.2) is 5.38 Å². The number of aromatic nitrogens is 1. The van der Waals surface area contributed by atoms with Gasteiger partial charge in [-0.3, -0.25) is 9.59 Å². The lowest BCUT2D eigenvalue weighted by Gasteiger charge is -2.26. The van der Waals surface area contributed by atoms with Gasteiger partial charge in [0.25, 0.3) is 5.91 Å². The van der Waals surface area contributed by atoms with E-state index in [2.05, 4.69) is 17.2 Å². The van der Waals surface area contributed by atoms with Crippen molar-refractivity contribution < 1.29 is 9.59 Å². The van der Waals surface area contributed by atoms with Crippen molar-refractivity contribution >= 4 is 23.2 Å². The molecule has 154 valence electrons. The van der Waals surface area contributed by atoms with E-state index in [1.165, 1.54) is 43.4 Å². The second-order valence-electron chi connectivity index (χ2n) is 7.74. The van der Waals surface area contributed by atoms with Crippen LogP contribution in [0.2, 0.25) is 0 Å². The Kier molecular flexibility index (Phi) is 11.3. The average molecular weight is 396 g/mol. The molecule has 0 bridgehead atoms. The molecule has 1 aromatic heterocycles. The molecule has 0 aliphatic rings. The minimum absolute atomic E-state index is 0.0818. The number of rotatable bonds is 13. The zero-order chi connectivity index (χ0) is 20.2. The summed E-state index contributed by atoms with van der Waals surface area (Å²) in [7, 11) is 0. The third-order valence-corrected chi connectivity index (χ3v) is 5.28. The number of carbonyl (C=O) groups excluding carboxylic acids is 2. The Hall–Kier alpha value is -1.43. The Morgan fingerprint density at radius 3 is 2.30 bits per heavy atom. The molecule has 0 atom stereocenters. The van der Waals surface area contributed by atoms with Gasteiger partial charge in [0, 0.05) is 23.9 Å². The Morgan fingerprint density at radius 1 is 1.07 bits per heavy atom. The summed E-state index contributed by atoms with van der Waals surface area (Å²) in [6, 6.07) is 0.206. The first-order valence-corrected chi connectivity index (χ1v) is 11.3. The van der Waals surface area contributed by atoms with Gasteiger partial charge in [0.2, 0.25) is 5.91 Å². The molecule has 0 unspecified atom stereocenters. The van der Waals surface area contributed by atoms with Gasteiger partial charge in [0.1, 0.15) is 10.7 Å². The summed E-state index contributed by atoms with van der Waals surface area (Å²) >= 11 is 1.44. The average Bonchev–Trinajstić information content (AvgIpc) is 3.06. The smallest absolute Gasteiger partial charge is 0.270 e. The van der Waals surface area contributed by atoms with Crippen molar-refractivity contribution in [3.8, 4) is 0 Å². The van der Waals surface area contributed by atoms with E-state index in [4.69, 9.17) is 0 Å². The molecule has 27 heavy (non-hydrogen) atoms. The van der Waals surface area contributed by atoms with Crippen molar-refractivity contribution in [2.24, 2.45) is 0 Å². The van der Waals surface area contributed by atoms with E-state index < -0.39 is 0 Å². The van der Waals surface area contributed by atoms with Crippen LogP contribution in [0.25, 0.3) is 0 Å². The summed E-state index contributed by atoms with van der Waals surface area (Å²) in [6.07, 6.45) is 9.04. The number of nitrogens with one attached hydrogen (secondary N) is 1. The molecule has 1 aromatic rings. The summed E-state index contributed by atoms with van der Waals surface area (Å²) in [5.74, 6) is 0.0277. The van der Waals surface area contributed by atoms with E-state index in [9.17, 15) is 9.59 Å². The first-order valence-electron chi connectivity index (χ1n) is 10.4. The van der Waals surface area contributed by atoms with Crippen LogP contribution < -0.4 is 5.32 Å². The third-order valence-electron chi connectivity index (χ3n) is 4.45. The number of carbonyl (C=O) groups is 2. The standard InChI is InChI=1S/C21H37N3O2S/c1-6-7-8-9-10-11-12-13-20(25)24(17(4)5)14-19-23-18(15-27-19)21(26)22-16(2)3/h15-17H,6-14H2,1-5H3,(H,22,26). The number of nitrogens with zero attached hydrogens (tertiary/aromatic N) is 2. The van der Waals surface area contributed by atoms with Crippen LogP contribution >= 0.6 is 11.3 Å². The minimum atomic E-state index is -0.155. The maximum absolute atomic E-state index is 12.6. The normalized spacial score (nSPS) is 11.2. The largest absolute Gasteiger partial charge is 0.349 e. The number of hydrogen-bond donors (Lipinski definition) is 1. The predicted molar refractivity (Wildman–Crippen MR) is 113 cm³/mol. The summed E-state index contributed by atoms with van der Waals surface area (Å²) in [5.41, 5.74) is 0.437. The van der Waals surface area contributed by atoms with Gasteiger partial charge in [-0.2, -0.15) is 0 Å². The highest BCUT2D eigenvalue weighted by Crippen LogP contribution is 2.17. The van der Waals surface area contributed by atoms with Crippen molar-refractivity contribution in [2.75, 3.05) is 0 Å². The summed E-state index contributed by atoms with van der Waals surface area (Å²) in [5, 5.41) is 5.43. The van der Waals surface area contributed by atoms with Gasteiger partial charge in [0.05, 0.1) is 6.54 Å². The molecule has 1 N–H and O–H groups in total. The van der Waals surface area contributed by atoms with Gasteiger partial charge < -0.3 is 10.2 Å². The topological polar surface area (TPSA) is 62.3 Å². The Morgan fingerprint density at radius 2 is 1.70 bits per heavy atom. The van der Waals surface area contributed by atoms with Gasteiger partial charge in [-0.25, -0.2) is 4.98 Å². The predicted octanol–water partition coefficient (Wildman–Crippen LogP) is 5.16. The highest BCUT2D eigenvalue weighted by molar-refractivity contribution is 7.09. The molecule has 0 radical (unpaired) electrons. The lowest BCUT2D eigenvalue weighted by atomic mass is 10.1. The molecule has 2 amide bonds. The fraction of sp³-hybridized carbons (Fsp3) is 0.762. The number of hydrogen-bond acceptors (Lipinski definition) is 4. The summed E-state index contributed by atoms with van der Waals surface area (Å²) < 4.78 is 0. The van der Waals surface area contributed by atoms with Crippen molar-refractivity contribution in [2.45, 2.75) is 105 Å². The van der Waals surface area contributed by atoms with Crippen molar-refractivity contribution in [1.82, 2.24) is 15.2 Å². The van der Waals surface area contributed by atoms with E-state index in [-0.39, 0.29) is 23.9 Å². The lowest BCUT2D eigenvalue weighted by Crippen LogP contribution is -2.36. The quantitative estimate of drug-likeness (QED) is 0.469. The molecule has 0 fully saturated rings. The van der Waals surface area contributed by atoms with Crippen LogP contribution in [0.1, 0.15) is 101 Å². The molecule has 6 heteroatoms. The number of unbranched alkanes of at least 4 members (excludes halogenated alkanes) is 6. The molecular weight excluding hydrogens is 358 g/mol. The van der Waals surface area contributed by atoms with E-state index >= 15 is 0 Å². The Bertz CT molecular complexity index is 570. The SMILES string of the molecule is CCCCCCCCCC(=O)N(Cc1nc(C(=O)NC(C)C)cs1)C(C)C. The van der Waals surface area contributed by atoms with E-state index in [0.717, 1.165) is 17.8 Å². The fourth-order valence-corrected chi connectivity index (χ4v) is 3.68. The van der Waals surface area contributed by atoms with Crippen LogP contribution in [0.4, 0.5) is 0 Å². The zero-order valence-corrected chi connectivity index (χ0v) is 18.5. The van der Waals surface area contributed by atoms with E-state index in [1.54, 1.807) is 5.38 Å². The summed E-state index contributed by atoms with van der Waals surface area (Å²) in [4.78, 5) is 31.0. The monoisotopic (exact) mass is 395 g/mol. The fourth-order valence-electron chi connectivity index (χ4n) is 2.91. The highest BCUT2D eigenvalue weighted by Gasteiger charge is 2.19. The first kappa shape index (κ1) is 23.6. The van der Waals surface area contributed by atoms with Gasteiger partial charge in [-0.15, -0.1) is 11.3 Å². The third kappa shape index (κ3) is 9.36. The Labute approximate surface area is 168 Å². The van der Waals surface area contributed by atoms with Crippen molar-refractivity contribution in [3.63, 3.8) is 0 Å². The highest BCUT2D eigenvalue weighted by atomic mass is 32.1. The van der Waals surface area contributed by atoms with Crippen LogP contribution in [-0.2, 0) is 11.3 Å².